The lowest BCUT2D eigenvalue weighted by molar-refractivity contribution is -0.136. The largest absolute Gasteiger partial charge is 0.491 e. The number of carbonyl (C=O) groups excluding carboxylic acids is 5. The Labute approximate surface area is 352 Å². The Morgan fingerprint density at radius 2 is 1.79 bits per heavy atom. The minimum Gasteiger partial charge on any atom is -0.491 e. The first-order valence-electron chi connectivity index (χ1n) is 21.4. The molecule has 0 radical (unpaired) electrons. The van der Waals surface area contributed by atoms with E-state index in [9.17, 15) is 24.0 Å². The number of hydrogen-bond acceptors (Lipinski definition) is 12. The molecule has 1 spiro atoms. The number of fused-ring (bicyclic) bond motifs is 2. The van der Waals surface area contributed by atoms with Crippen LogP contribution >= 0.6 is 0 Å². The maximum absolute atomic E-state index is 13.4. The van der Waals surface area contributed by atoms with Gasteiger partial charge in [-0.05, 0) is 105 Å². The lowest BCUT2D eigenvalue weighted by Gasteiger charge is -2.57. The van der Waals surface area contributed by atoms with Crippen molar-refractivity contribution in [3.8, 4) is 0 Å². The number of anilines is 1. The second kappa shape index (κ2) is 15.6. The first kappa shape index (κ1) is 38.9. The van der Waals surface area contributed by atoms with Gasteiger partial charge in [0, 0.05) is 80.8 Å². The number of rotatable bonds is 10. The SMILES string of the molecule is N=C1C=C(OCC2CC2)C(NC(=O)c2cnn3cccnc23)=C/C1=C/N=C/C1CCC(N2CC3(CCN(c4ccc5c(c4)C(=O)N(C4CCC(=O)NC4=O)C5=O)CC3)C2)CC1. The van der Waals surface area contributed by atoms with Crippen LogP contribution in [0.15, 0.2) is 83.2 Å². The van der Waals surface area contributed by atoms with Crippen molar-refractivity contribution in [2.24, 2.45) is 22.2 Å². The molecule has 314 valence electrons. The van der Waals surface area contributed by atoms with E-state index in [1.807, 2.05) is 12.3 Å². The van der Waals surface area contributed by atoms with E-state index in [2.05, 4.69) is 35.5 Å². The molecule has 5 fully saturated rings. The highest BCUT2D eigenvalue weighted by atomic mass is 16.5. The predicted molar refractivity (Wildman–Crippen MR) is 224 cm³/mol. The fraction of sp³-hybridized carbons (Fsp3) is 0.444. The number of hydrogen-bond donors (Lipinski definition) is 3. The zero-order chi connectivity index (χ0) is 41.8. The number of carbonyl (C=O) groups is 5. The Morgan fingerprint density at radius 1 is 1.00 bits per heavy atom. The van der Waals surface area contributed by atoms with E-state index in [1.165, 1.54) is 6.20 Å². The molecule has 0 bridgehead atoms. The number of aliphatic imine (C=N–C) groups is 1. The average molecular weight is 825 g/mol. The Hall–Kier alpha value is -6.29. The fourth-order valence-corrected chi connectivity index (χ4v) is 9.74. The van der Waals surface area contributed by atoms with Crippen LogP contribution in [-0.4, -0.2) is 111 Å². The summed E-state index contributed by atoms with van der Waals surface area (Å²) in [4.78, 5) is 79.0. The van der Waals surface area contributed by atoms with Gasteiger partial charge in [-0.3, -0.25) is 44.1 Å². The van der Waals surface area contributed by atoms with Gasteiger partial charge in [0.05, 0.1) is 35.3 Å². The molecular weight excluding hydrogens is 777 g/mol. The summed E-state index contributed by atoms with van der Waals surface area (Å²) in [5.74, 6) is -0.986. The summed E-state index contributed by atoms with van der Waals surface area (Å²) in [6.07, 6.45) is 20.9. The maximum atomic E-state index is 13.4. The molecule has 3 N–H and O–H groups in total. The quantitative estimate of drug-likeness (QED) is 0.197. The molecule has 3 aliphatic carbocycles. The molecule has 2 aromatic heterocycles. The van der Waals surface area contributed by atoms with E-state index < -0.39 is 23.8 Å². The zero-order valence-corrected chi connectivity index (χ0v) is 33.8. The van der Waals surface area contributed by atoms with Gasteiger partial charge in [-0.25, -0.2) is 9.50 Å². The third kappa shape index (κ3) is 7.57. The molecule has 4 aliphatic heterocycles. The van der Waals surface area contributed by atoms with E-state index in [-0.39, 0.29) is 30.4 Å². The van der Waals surface area contributed by atoms with Crippen molar-refractivity contribution in [3.05, 3.63) is 94.9 Å². The first-order chi connectivity index (χ1) is 29.6. The second-order valence-electron chi connectivity index (χ2n) is 17.7. The van der Waals surface area contributed by atoms with Crippen LogP contribution in [0.2, 0.25) is 0 Å². The van der Waals surface area contributed by atoms with Crippen LogP contribution in [0.25, 0.3) is 5.65 Å². The van der Waals surface area contributed by atoms with Crippen molar-refractivity contribution in [2.75, 3.05) is 37.7 Å². The molecule has 5 amide bonds. The normalized spacial score (nSPS) is 26.1. The molecule has 61 heavy (non-hydrogen) atoms. The number of ether oxygens (including phenoxy) is 1. The van der Waals surface area contributed by atoms with Gasteiger partial charge in [-0.15, -0.1) is 0 Å². The minimum absolute atomic E-state index is 0.0939. The number of amides is 5. The number of nitrogens with one attached hydrogen (secondary N) is 3. The van der Waals surface area contributed by atoms with Crippen LogP contribution in [0.5, 0.6) is 0 Å². The number of piperidine rings is 2. The molecule has 16 nitrogen and oxygen atoms in total. The number of likely N-dealkylation sites (tertiary alicyclic amines) is 1. The van der Waals surface area contributed by atoms with Crippen LogP contribution in [0.4, 0.5) is 5.69 Å². The van der Waals surface area contributed by atoms with E-state index in [0.29, 0.717) is 69.3 Å². The van der Waals surface area contributed by atoms with Crippen LogP contribution in [0, 0.1) is 22.7 Å². The molecule has 16 heteroatoms. The summed E-state index contributed by atoms with van der Waals surface area (Å²) in [7, 11) is 0. The van der Waals surface area contributed by atoms with Gasteiger partial charge in [0.1, 0.15) is 17.4 Å². The third-order valence-corrected chi connectivity index (χ3v) is 13.6. The van der Waals surface area contributed by atoms with Gasteiger partial charge in [0.15, 0.2) is 5.65 Å². The molecular formula is C45H48N10O6. The lowest BCUT2D eigenvalue weighted by Crippen LogP contribution is -2.63. The molecule has 6 heterocycles. The van der Waals surface area contributed by atoms with Crippen molar-refractivity contribution in [3.63, 3.8) is 0 Å². The lowest BCUT2D eigenvalue weighted by atomic mass is 9.70. The number of imide groups is 2. The molecule has 3 aromatic rings. The Balaban J connectivity index is 0.709. The maximum Gasteiger partial charge on any atom is 0.262 e. The van der Waals surface area contributed by atoms with Crippen molar-refractivity contribution in [1.82, 2.24) is 35.0 Å². The highest BCUT2D eigenvalue weighted by Crippen LogP contribution is 2.45. The van der Waals surface area contributed by atoms with Crippen LogP contribution < -0.4 is 15.5 Å². The fourth-order valence-electron chi connectivity index (χ4n) is 9.74. The van der Waals surface area contributed by atoms with Crippen LogP contribution in [0.3, 0.4) is 0 Å². The van der Waals surface area contributed by atoms with E-state index in [4.69, 9.17) is 10.1 Å². The smallest absolute Gasteiger partial charge is 0.262 e. The summed E-state index contributed by atoms with van der Waals surface area (Å²) >= 11 is 0. The van der Waals surface area contributed by atoms with Gasteiger partial charge in [-0.1, -0.05) is 0 Å². The highest BCUT2D eigenvalue weighted by molar-refractivity contribution is 6.23. The standard InChI is InChI=1S/C45H48N10O6/c46-35-20-38(61-24-28-2-3-28)36(50-41(57)34-23-49-54-15-1-14-48-40(34)54)18-29(35)22-47-21-27-4-6-30(7-5-27)53-25-45(26-53)12-16-52(17-13-45)31-8-9-32-33(19-31)44(60)55(43(32)59)37-10-11-39(56)51-42(37)58/h1,8-9,14-15,18-23,27-28,30,37,46H,2-7,10-13,16-17,24-26H2,(H,50,57)(H,51,56,58)/b29-22-,46-35?,47-21+. The topological polar surface area (TPSA) is 195 Å². The monoisotopic (exact) mass is 824 g/mol. The molecule has 10 rings (SSSR count). The summed E-state index contributed by atoms with van der Waals surface area (Å²) in [6, 6.07) is 6.73. The Bertz CT molecular complexity index is 2470. The van der Waals surface area contributed by atoms with Crippen molar-refractivity contribution in [2.45, 2.75) is 76.3 Å². The second-order valence-corrected chi connectivity index (χ2v) is 17.7. The van der Waals surface area contributed by atoms with Crippen molar-refractivity contribution >= 4 is 52.8 Å². The Kier molecular flexibility index (Phi) is 9.96. The summed E-state index contributed by atoms with van der Waals surface area (Å²) < 4.78 is 7.63. The van der Waals surface area contributed by atoms with Crippen molar-refractivity contribution in [1.29, 1.82) is 5.41 Å². The minimum atomic E-state index is -0.970. The average Bonchev–Trinajstić information content (AvgIpc) is 3.93. The first-order valence-corrected chi connectivity index (χ1v) is 21.4. The molecule has 7 aliphatic rings. The molecule has 1 atom stereocenters. The van der Waals surface area contributed by atoms with Gasteiger partial charge in [0.25, 0.3) is 17.7 Å². The van der Waals surface area contributed by atoms with Gasteiger partial charge in [-0.2, -0.15) is 5.10 Å². The third-order valence-electron chi connectivity index (χ3n) is 13.6. The van der Waals surface area contributed by atoms with Crippen molar-refractivity contribution < 1.29 is 28.7 Å². The van der Waals surface area contributed by atoms with Gasteiger partial charge in [0.2, 0.25) is 11.8 Å². The molecule has 1 aromatic carbocycles. The summed E-state index contributed by atoms with van der Waals surface area (Å²) in [5, 5.41) is 18.2. The van der Waals surface area contributed by atoms with E-state index in [1.54, 1.807) is 53.5 Å². The summed E-state index contributed by atoms with van der Waals surface area (Å²) in [5.41, 5.74) is 3.97. The number of aromatic nitrogens is 3. The van der Waals surface area contributed by atoms with E-state index >= 15 is 0 Å². The molecule has 2 saturated carbocycles. The van der Waals surface area contributed by atoms with Crippen LogP contribution in [0.1, 0.15) is 95.3 Å². The number of allylic oxidation sites excluding steroid dienone is 3. The van der Waals surface area contributed by atoms with Gasteiger partial charge < -0.3 is 20.4 Å². The molecule has 3 saturated heterocycles. The molecule has 1 unspecified atom stereocenters. The highest BCUT2D eigenvalue weighted by Gasteiger charge is 2.48. The van der Waals surface area contributed by atoms with Gasteiger partial charge >= 0.3 is 0 Å². The Morgan fingerprint density at radius 3 is 2.56 bits per heavy atom. The zero-order valence-electron chi connectivity index (χ0n) is 33.8. The van der Waals surface area contributed by atoms with E-state index in [0.717, 1.165) is 88.1 Å². The van der Waals surface area contributed by atoms with Crippen LogP contribution in [-0.2, 0) is 14.3 Å². The summed E-state index contributed by atoms with van der Waals surface area (Å²) in [6.45, 7) is 4.47. The number of benzene rings is 1. The number of nitrogens with zero attached hydrogens (tertiary/aromatic N) is 7. The predicted octanol–water partition coefficient (Wildman–Crippen LogP) is 4.20.